The molecule has 1 N–H and O–H groups in total. The number of rotatable bonds is 3. The average Bonchev–Trinajstić information content (AvgIpc) is 2.74. The highest BCUT2D eigenvalue weighted by molar-refractivity contribution is 6.35. The zero-order valence-electron chi connectivity index (χ0n) is 10.8. The lowest BCUT2D eigenvalue weighted by Gasteiger charge is -2.09. The van der Waals surface area contributed by atoms with Gasteiger partial charge < -0.3 is 9.67 Å². The van der Waals surface area contributed by atoms with Crippen molar-refractivity contribution in [2.75, 3.05) is 0 Å². The molecule has 0 bridgehead atoms. The van der Waals surface area contributed by atoms with Crippen molar-refractivity contribution in [3.8, 4) is 5.88 Å². The molecule has 1 heterocycles. The molecule has 6 heteroatoms. The van der Waals surface area contributed by atoms with Crippen molar-refractivity contribution < 1.29 is 5.11 Å². The lowest BCUT2D eigenvalue weighted by atomic mass is 10.2. The maximum atomic E-state index is 11.0. The standard InChI is InChI=1S/C15H10Cl2N2O2/c16-10-6-5-9(12(17)7-10)8-19-13-4-2-1-3-11(13)14(18-21)15(19)20/h1-7,20H,8H2. The lowest BCUT2D eigenvalue weighted by molar-refractivity contribution is 0.430. The predicted octanol–water partition coefficient (Wildman–Crippen LogP) is 5.10. The predicted molar refractivity (Wildman–Crippen MR) is 84.6 cm³/mol. The molecule has 0 unspecified atom stereocenters. The first-order valence-corrected chi connectivity index (χ1v) is 6.95. The van der Waals surface area contributed by atoms with Gasteiger partial charge >= 0.3 is 0 Å². The van der Waals surface area contributed by atoms with E-state index in [1.54, 1.807) is 34.9 Å². The topological polar surface area (TPSA) is 54.6 Å². The molecular weight excluding hydrogens is 311 g/mol. The molecule has 0 radical (unpaired) electrons. The SMILES string of the molecule is O=Nc1c(O)n(Cc2ccc(Cl)cc2Cl)c2ccccc12. The largest absolute Gasteiger partial charge is 0.493 e. The number of nitroso groups, excluding NO2 is 1. The Morgan fingerprint density at radius 1 is 1.14 bits per heavy atom. The normalized spacial score (nSPS) is 11.0. The summed E-state index contributed by atoms with van der Waals surface area (Å²) in [4.78, 5) is 11.0. The fourth-order valence-electron chi connectivity index (χ4n) is 2.34. The Labute approximate surface area is 130 Å². The second-order valence-electron chi connectivity index (χ2n) is 4.60. The van der Waals surface area contributed by atoms with Gasteiger partial charge in [0, 0.05) is 15.4 Å². The van der Waals surface area contributed by atoms with Crippen molar-refractivity contribution in [3.05, 3.63) is 63.0 Å². The number of hydrogen-bond donors (Lipinski definition) is 1. The molecule has 4 nitrogen and oxygen atoms in total. The number of para-hydroxylation sites is 1. The monoisotopic (exact) mass is 320 g/mol. The third kappa shape index (κ3) is 2.37. The number of aromatic hydroxyl groups is 1. The number of halogens is 2. The van der Waals surface area contributed by atoms with Crippen LogP contribution in [0.4, 0.5) is 5.69 Å². The Hall–Kier alpha value is -2.04. The summed E-state index contributed by atoms with van der Waals surface area (Å²) in [5.74, 6) is -0.169. The number of nitrogens with zero attached hydrogens (tertiary/aromatic N) is 2. The molecule has 0 spiro atoms. The van der Waals surface area contributed by atoms with Crippen LogP contribution in [0.2, 0.25) is 10.0 Å². The van der Waals surface area contributed by atoms with Crippen molar-refractivity contribution in [2.24, 2.45) is 5.18 Å². The highest BCUT2D eigenvalue weighted by atomic mass is 35.5. The highest BCUT2D eigenvalue weighted by Crippen LogP contribution is 2.39. The smallest absolute Gasteiger partial charge is 0.222 e. The van der Waals surface area contributed by atoms with E-state index in [1.165, 1.54) is 0 Å². The van der Waals surface area contributed by atoms with E-state index in [0.29, 0.717) is 22.0 Å². The highest BCUT2D eigenvalue weighted by Gasteiger charge is 2.17. The van der Waals surface area contributed by atoms with Crippen molar-refractivity contribution in [3.63, 3.8) is 0 Å². The van der Waals surface area contributed by atoms with Gasteiger partial charge in [-0.3, -0.25) is 0 Å². The maximum Gasteiger partial charge on any atom is 0.222 e. The van der Waals surface area contributed by atoms with Crippen molar-refractivity contribution in [2.45, 2.75) is 6.54 Å². The van der Waals surface area contributed by atoms with Crippen LogP contribution in [-0.2, 0) is 6.54 Å². The minimum absolute atomic E-state index is 0.0377. The number of hydrogen-bond acceptors (Lipinski definition) is 3. The fourth-order valence-corrected chi connectivity index (χ4v) is 2.81. The van der Waals surface area contributed by atoms with Crippen LogP contribution in [0.1, 0.15) is 5.56 Å². The Kier molecular flexibility index (Phi) is 3.57. The van der Waals surface area contributed by atoms with Gasteiger partial charge in [-0.2, -0.15) is 0 Å². The van der Waals surface area contributed by atoms with Gasteiger partial charge in [-0.05, 0) is 28.9 Å². The van der Waals surface area contributed by atoms with Crippen LogP contribution in [0.15, 0.2) is 47.6 Å². The molecule has 21 heavy (non-hydrogen) atoms. The summed E-state index contributed by atoms with van der Waals surface area (Å²) in [6.45, 7) is 0.317. The van der Waals surface area contributed by atoms with E-state index in [-0.39, 0.29) is 11.6 Å². The Morgan fingerprint density at radius 3 is 2.62 bits per heavy atom. The van der Waals surface area contributed by atoms with E-state index < -0.39 is 0 Å². The Bertz CT molecular complexity index is 843. The van der Waals surface area contributed by atoms with E-state index in [2.05, 4.69) is 5.18 Å². The second kappa shape index (κ2) is 5.39. The molecule has 0 aliphatic rings. The van der Waals surface area contributed by atoms with Crippen LogP contribution in [0.25, 0.3) is 10.9 Å². The molecule has 2 aromatic carbocycles. The van der Waals surface area contributed by atoms with Crippen LogP contribution < -0.4 is 0 Å². The molecule has 0 saturated heterocycles. The Balaban J connectivity index is 2.16. The average molecular weight is 321 g/mol. The molecule has 0 amide bonds. The third-order valence-electron chi connectivity index (χ3n) is 3.35. The van der Waals surface area contributed by atoms with Gasteiger partial charge in [0.05, 0.1) is 12.1 Å². The van der Waals surface area contributed by atoms with Crippen molar-refractivity contribution >= 4 is 39.8 Å². The van der Waals surface area contributed by atoms with E-state index in [0.717, 1.165) is 11.1 Å². The summed E-state index contributed by atoms with van der Waals surface area (Å²) >= 11 is 12.0. The van der Waals surface area contributed by atoms with Gasteiger partial charge in [-0.25, -0.2) is 0 Å². The van der Waals surface area contributed by atoms with Gasteiger partial charge in [0.25, 0.3) is 0 Å². The lowest BCUT2D eigenvalue weighted by Crippen LogP contribution is -1.99. The second-order valence-corrected chi connectivity index (χ2v) is 5.45. The molecule has 0 aliphatic heterocycles. The zero-order chi connectivity index (χ0) is 15.0. The Morgan fingerprint density at radius 2 is 1.90 bits per heavy atom. The molecule has 0 fully saturated rings. The first kappa shape index (κ1) is 13.9. The van der Waals surface area contributed by atoms with Gasteiger partial charge in [0.1, 0.15) is 0 Å². The van der Waals surface area contributed by atoms with E-state index in [9.17, 15) is 10.0 Å². The molecule has 0 saturated carbocycles. The van der Waals surface area contributed by atoms with Crippen molar-refractivity contribution in [1.29, 1.82) is 0 Å². The van der Waals surface area contributed by atoms with Gasteiger partial charge in [0.15, 0.2) is 5.69 Å². The molecule has 0 aliphatic carbocycles. The van der Waals surface area contributed by atoms with Crippen LogP contribution in [0.3, 0.4) is 0 Å². The molecular formula is C15H10Cl2N2O2. The minimum atomic E-state index is -0.169. The van der Waals surface area contributed by atoms with Crippen LogP contribution >= 0.6 is 23.2 Å². The minimum Gasteiger partial charge on any atom is -0.493 e. The summed E-state index contributed by atoms with van der Waals surface area (Å²) in [7, 11) is 0. The zero-order valence-corrected chi connectivity index (χ0v) is 12.3. The van der Waals surface area contributed by atoms with Gasteiger partial charge in [0.2, 0.25) is 5.88 Å². The molecule has 0 atom stereocenters. The number of benzene rings is 2. The molecule has 1 aromatic heterocycles. The van der Waals surface area contributed by atoms with E-state index in [1.807, 2.05) is 12.1 Å². The maximum absolute atomic E-state index is 11.0. The first-order chi connectivity index (χ1) is 10.1. The molecule has 3 rings (SSSR count). The van der Waals surface area contributed by atoms with E-state index >= 15 is 0 Å². The summed E-state index contributed by atoms with van der Waals surface area (Å²) in [5, 5.41) is 14.8. The van der Waals surface area contributed by atoms with Gasteiger partial charge in [-0.1, -0.05) is 47.5 Å². The van der Waals surface area contributed by atoms with Crippen LogP contribution in [0, 0.1) is 4.91 Å². The number of fused-ring (bicyclic) bond motifs is 1. The first-order valence-electron chi connectivity index (χ1n) is 6.19. The molecule has 106 valence electrons. The quantitative estimate of drug-likeness (QED) is 0.682. The third-order valence-corrected chi connectivity index (χ3v) is 3.94. The summed E-state index contributed by atoms with van der Waals surface area (Å²) in [6, 6.07) is 12.3. The summed E-state index contributed by atoms with van der Waals surface area (Å²) in [5.41, 5.74) is 1.54. The van der Waals surface area contributed by atoms with Crippen LogP contribution in [-0.4, -0.2) is 9.67 Å². The van der Waals surface area contributed by atoms with Gasteiger partial charge in [-0.15, -0.1) is 4.91 Å². The summed E-state index contributed by atoms with van der Waals surface area (Å²) < 4.78 is 1.60. The number of aromatic nitrogens is 1. The van der Waals surface area contributed by atoms with Crippen LogP contribution in [0.5, 0.6) is 5.88 Å². The summed E-state index contributed by atoms with van der Waals surface area (Å²) in [6.07, 6.45) is 0. The molecule has 3 aromatic rings. The van der Waals surface area contributed by atoms with E-state index in [4.69, 9.17) is 23.2 Å². The fraction of sp³-hybridized carbons (Fsp3) is 0.0667. The van der Waals surface area contributed by atoms with Crippen molar-refractivity contribution in [1.82, 2.24) is 4.57 Å².